The van der Waals surface area contributed by atoms with Crippen molar-refractivity contribution in [2.75, 3.05) is 5.75 Å². The Labute approximate surface area is 156 Å². The zero-order valence-corrected chi connectivity index (χ0v) is 15.2. The molecule has 0 saturated heterocycles. The first kappa shape index (κ1) is 18.1. The van der Waals surface area contributed by atoms with E-state index in [1.165, 1.54) is 0 Å². The van der Waals surface area contributed by atoms with Crippen LogP contribution in [0.15, 0.2) is 95.9 Å². The minimum atomic E-state index is -1.17. The van der Waals surface area contributed by atoms with Crippen molar-refractivity contribution in [3.8, 4) is 0 Å². The van der Waals surface area contributed by atoms with Gasteiger partial charge in [0.05, 0.1) is 10.8 Å². The predicted octanol–water partition coefficient (Wildman–Crippen LogP) is 3.84. The fourth-order valence-corrected chi connectivity index (χ4v) is 3.98. The maximum Gasteiger partial charge on any atom is 0.251 e. The minimum absolute atomic E-state index is 0.142. The summed E-state index contributed by atoms with van der Waals surface area (Å²) in [5, 5.41) is 3.05. The molecule has 3 rings (SSSR count). The van der Waals surface area contributed by atoms with Crippen LogP contribution in [0.1, 0.15) is 15.9 Å². The van der Waals surface area contributed by atoms with Gasteiger partial charge in [-0.1, -0.05) is 66.7 Å². The SMILES string of the molecule is O=C(N[C@H](Cc1ccccc1)CS(=O)c1ccccc1)c1ccccc1. The fourth-order valence-electron chi connectivity index (χ4n) is 2.76. The van der Waals surface area contributed by atoms with Gasteiger partial charge in [0.1, 0.15) is 0 Å². The van der Waals surface area contributed by atoms with E-state index in [9.17, 15) is 9.00 Å². The molecular weight excluding hydrogens is 342 g/mol. The molecule has 1 unspecified atom stereocenters. The maximum atomic E-state index is 12.7. The third-order valence-corrected chi connectivity index (χ3v) is 5.56. The van der Waals surface area contributed by atoms with Crippen molar-refractivity contribution in [2.24, 2.45) is 0 Å². The molecule has 0 bridgehead atoms. The third kappa shape index (κ3) is 5.14. The van der Waals surface area contributed by atoms with Gasteiger partial charge in [0, 0.05) is 22.3 Å². The molecule has 132 valence electrons. The molecule has 1 amide bonds. The van der Waals surface area contributed by atoms with E-state index in [1.54, 1.807) is 12.1 Å². The Morgan fingerprint density at radius 3 is 1.96 bits per heavy atom. The van der Waals surface area contributed by atoms with Crippen LogP contribution in [-0.4, -0.2) is 21.9 Å². The molecule has 2 atom stereocenters. The second-order valence-electron chi connectivity index (χ2n) is 6.05. The number of hydrogen-bond acceptors (Lipinski definition) is 2. The number of nitrogens with one attached hydrogen (secondary N) is 1. The van der Waals surface area contributed by atoms with Crippen LogP contribution in [-0.2, 0) is 17.2 Å². The van der Waals surface area contributed by atoms with Gasteiger partial charge in [0.2, 0.25) is 0 Å². The summed E-state index contributed by atoms with van der Waals surface area (Å²) in [4.78, 5) is 13.3. The van der Waals surface area contributed by atoms with Gasteiger partial charge in [-0.25, -0.2) is 0 Å². The summed E-state index contributed by atoms with van der Waals surface area (Å²) in [7, 11) is -1.17. The van der Waals surface area contributed by atoms with Gasteiger partial charge in [-0.05, 0) is 36.2 Å². The average Bonchev–Trinajstić information content (AvgIpc) is 2.70. The lowest BCUT2D eigenvalue weighted by atomic mass is 10.1. The van der Waals surface area contributed by atoms with Crippen LogP contribution < -0.4 is 5.32 Å². The van der Waals surface area contributed by atoms with Crippen LogP contribution >= 0.6 is 0 Å². The molecule has 0 fully saturated rings. The van der Waals surface area contributed by atoms with E-state index in [2.05, 4.69) is 5.32 Å². The Bertz CT molecular complexity index is 798. The molecule has 1 N–H and O–H groups in total. The van der Waals surface area contributed by atoms with E-state index in [-0.39, 0.29) is 11.9 Å². The van der Waals surface area contributed by atoms with Gasteiger partial charge in [0.25, 0.3) is 5.91 Å². The molecule has 0 radical (unpaired) electrons. The molecule has 0 aliphatic rings. The Hall–Kier alpha value is -2.72. The molecular formula is C22H21NO2S. The molecule has 0 heterocycles. The largest absolute Gasteiger partial charge is 0.348 e. The lowest BCUT2D eigenvalue weighted by molar-refractivity contribution is 0.0940. The van der Waals surface area contributed by atoms with E-state index in [0.29, 0.717) is 17.7 Å². The Morgan fingerprint density at radius 1 is 0.808 bits per heavy atom. The molecule has 0 aromatic heterocycles. The van der Waals surface area contributed by atoms with Crippen LogP contribution in [0, 0.1) is 0 Å². The smallest absolute Gasteiger partial charge is 0.251 e. The lowest BCUT2D eigenvalue weighted by Crippen LogP contribution is -2.40. The maximum absolute atomic E-state index is 12.7. The Morgan fingerprint density at radius 2 is 1.35 bits per heavy atom. The van der Waals surface area contributed by atoms with E-state index in [1.807, 2.05) is 78.9 Å². The second-order valence-corrected chi connectivity index (χ2v) is 7.55. The van der Waals surface area contributed by atoms with E-state index >= 15 is 0 Å². The Balaban J connectivity index is 1.75. The van der Waals surface area contributed by atoms with Gasteiger partial charge in [0.15, 0.2) is 0 Å². The van der Waals surface area contributed by atoms with Crippen molar-refractivity contribution in [1.82, 2.24) is 5.32 Å². The molecule has 0 saturated carbocycles. The molecule has 3 nitrogen and oxygen atoms in total. The minimum Gasteiger partial charge on any atom is -0.348 e. The summed E-state index contributed by atoms with van der Waals surface area (Å²) in [5.41, 5.74) is 1.71. The number of hydrogen-bond donors (Lipinski definition) is 1. The van der Waals surface area contributed by atoms with Crippen molar-refractivity contribution >= 4 is 16.7 Å². The molecule has 26 heavy (non-hydrogen) atoms. The highest BCUT2D eigenvalue weighted by Crippen LogP contribution is 2.11. The van der Waals surface area contributed by atoms with Crippen molar-refractivity contribution in [3.05, 3.63) is 102 Å². The molecule has 0 aliphatic carbocycles. The zero-order chi connectivity index (χ0) is 18.2. The molecule has 0 spiro atoms. The number of carbonyl (C=O) groups is 1. The number of amides is 1. The van der Waals surface area contributed by atoms with Crippen LogP contribution in [0.2, 0.25) is 0 Å². The van der Waals surface area contributed by atoms with Crippen LogP contribution in [0.25, 0.3) is 0 Å². The number of carbonyl (C=O) groups excluding carboxylic acids is 1. The second kappa shape index (κ2) is 9.11. The summed E-state index contributed by atoms with van der Waals surface area (Å²) in [6, 6.07) is 28.2. The highest BCUT2D eigenvalue weighted by Gasteiger charge is 2.18. The van der Waals surface area contributed by atoms with Gasteiger partial charge < -0.3 is 5.32 Å². The monoisotopic (exact) mass is 363 g/mol. The van der Waals surface area contributed by atoms with Crippen molar-refractivity contribution in [2.45, 2.75) is 17.4 Å². The summed E-state index contributed by atoms with van der Waals surface area (Å²) < 4.78 is 12.7. The number of rotatable bonds is 7. The Kier molecular flexibility index (Phi) is 6.34. The van der Waals surface area contributed by atoms with E-state index in [0.717, 1.165) is 10.5 Å². The topological polar surface area (TPSA) is 46.2 Å². The fraction of sp³-hybridized carbons (Fsp3) is 0.136. The summed E-state index contributed by atoms with van der Waals surface area (Å²) in [5.74, 6) is 0.230. The van der Waals surface area contributed by atoms with Crippen LogP contribution in [0.4, 0.5) is 0 Å². The predicted molar refractivity (Wildman–Crippen MR) is 106 cm³/mol. The summed E-state index contributed by atoms with van der Waals surface area (Å²) in [6.07, 6.45) is 0.637. The highest BCUT2D eigenvalue weighted by atomic mass is 32.2. The molecule has 4 heteroatoms. The van der Waals surface area contributed by atoms with Gasteiger partial charge >= 0.3 is 0 Å². The van der Waals surface area contributed by atoms with E-state index < -0.39 is 10.8 Å². The normalized spacial score (nSPS) is 12.9. The zero-order valence-electron chi connectivity index (χ0n) is 14.4. The van der Waals surface area contributed by atoms with Gasteiger partial charge in [-0.15, -0.1) is 0 Å². The summed E-state index contributed by atoms with van der Waals surface area (Å²) >= 11 is 0. The van der Waals surface area contributed by atoms with E-state index in [4.69, 9.17) is 0 Å². The standard InChI is InChI=1S/C22H21NO2S/c24-22(19-12-6-2-7-13-19)23-20(16-18-10-4-1-5-11-18)17-26(25)21-14-8-3-9-15-21/h1-15,20H,16-17H2,(H,23,24)/t20-,26?/m1/s1. The average molecular weight is 363 g/mol. The van der Waals surface area contributed by atoms with Crippen molar-refractivity contribution < 1.29 is 9.00 Å². The lowest BCUT2D eigenvalue weighted by Gasteiger charge is -2.19. The molecule has 3 aromatic carbocycles. The first-order valence-corrected chi connectivity index (χ1v) is 9.87. The summed E-state index contributed by atoms with van der Waals surface area (Å²) in [6.45, 7) is 0. The van der Waals surface area contributed by atoms with Gasteiger partial charge in [-0.3, -0.25) is 9.00 Å². The highest BCUT2D eigenvalue weighted by molar-refractivity contribution is 7.85. The first-order chi connectivity index (χ1) is 12.7. The quantitative estimate of drug-likeness (QED) is 0.693. The third-order valence-electron chi connectivity index (χ3n) is 4.05. The van der Waals surface area contributed by atoms with Gasteiger partial charge in [-0.2, -0.15) is 0 Å². The molecule has 0 aliphatic heterocycles. The first-order valence-electron chi connectivity index (χ1n) is 8.55. The molecule has 3 aromatic rings. The van der Waals surface area contributed by atoms with Crippen molar-refractivity contribution in [1.29, 1.82) is 0 Å². The number of benzene rings is 3. The van der Waals surface area contributed by atoms with Crippen LogP contribution in [0.5, 0.6) is 0 Å². The van der Waals surface area contributed by atoms with Crippen LogP contribution in [0.3, 0.4) is 0 Å². The van der Waals surface area contributed by atoms with Crippen molar-refractivity contribution in [3.63, 3.8) is 0 Å².